The van der Waals surface area contributed by atoms with Gasteiger partial charge < -0.3 is 15.5 Å². The van der Waals surface area contributed by atoms with Gasteiger partial charge in [0.2, 0.25) is 5.13 Å². The number of nitrogens with one attached hydrogen (secondary N) is 1. The van der Waals surface area contributed by atoms with Gasteiger partial charge in [0, 0.05) is 6.54 Å². The molecule has 0 fully saturated rings. The average molecular weight is 189 g/mol. The maximum absolute atomic E-state index is 9.37. The minimum Gasteiger partial charge on any atom is -0.393 e. The van der Waals surface area contributed by atoms with Crippen LogP contribution in [0, 0.1) is 0 Å². The topological polar surface area (TPSA) is 78.3 Å². The molecular weight excluding hydrogens is 178 g/mol. The van der Waals surface area contributed by atoms with Gasteiger partial charge in [-0.2, -0.15) is 0 Å². The van der Waals surface area contributed by atoms with Gasteiger partial charge in [-0.1, -0.05) is 11.3 Å². The predicted octanol–water partition coefficient (Wildman–Crippen LogP) is -0.307. The highest BCUT2D eigenvalue weighted by atomic mass is 32.1. The van der Waals surface area contributed by atoms with Gasteiger partial charge in [-0.25, -0.2) is 0 Å². The molecule has 0 amide bonds. The van der Waals surface area contributed by atoms with Crippen LogP contribution in [-0.2, 0) is 0 Å². The first-order valence-electron chi connectivity index (χ1n) is 3.47. The molecule has 1 aromatic heterocycles. The van der Waals surface area contributed by atoms with Crippen molar-refractivity contribution in [2.75, 3.05) is 18.5 Å². The van der Waals surface area contributed by atoms with E-state index in [1.807, 2.05) is 0 Å². The molecule has 0 saturated carbocycles. The standard InChI is InChI=1S/C6H11N3O2S/c1-6(11,3-10)2-7-5-9-8-4-12-5/h4,10-11H,2-3H2,1H3,(H,7,9). The molecular formula is C6H11N3O2S. The van der Waals surface area contributed by atoms with Gasteiger partial charge in [-0.3, -0.25) is 0 Å². The Morgan fingerprint density at radius 3 is 3.00 bits per heavy atom. The van der Waals surface area contributed by atoms with Gasteiger partial charge in [-0.15, -0.1) is 10.2 Å². The van der Waals surface area contributed by atoms with Crippen molar-refractivity contribution in [3.63, 3.8) is 0 Å². The summed E-state index contributed by atoms with van der Waals surface area (Å²) in [6.45, 7) is 1.53. The number of hydrogen-bond acceptors (Lipinski definition) is 6. The van der Waals surface area contributed by atoms with Gasteiger partial charge >= 0.3 is 0 Å². The molecule has 68 valence electrons. The van der Waals surface area contributed by atoms with Crippen molar-refractivity contribution >= 4 is 16.5 Å². The maximum Gasteiger partial charge on any atom is 0.205 e. The molecule has 5 nitrogen and oxygen atoms in total. The average Bonchev–Trinajstić information content (AvgIpc) is 2.53. The molecule has 1 aromatic rings. The lowest BCUT2D eigenvalue weighted by Crippen LogP contribution is -2.37. The summed E-state index contributed by atoms with van der Waals surface area (Å²) in [4.78, 5) is 0. The van der Waals surface area contributed by atoms with Gasteiger partial charge in [0.05, 0.1) is 6.61 Å². The molecule has 1 unspecified atom stereocenters. The second-order valence-corrected chi connectivity index (χ2v) is 3.59. The van der Waals surface area contributed by atoms with Crippen molar-refractivity contribution in [3.8, 4) is 0 Å². The van der Waals surface area contributed by atoms with Crippen LogP contribution >= 0.6 is 11.3 Å². The third-order valence-electron chi connectivity index (χ3n) is 1.32. The molecule has 3 N–H and O–H groups in total. The monoisotopic (exact) mass is 189 g/mol. The normalized spacial score (nSPS) is 15.6. The zero-order valence-corrected chi connectivity index (χ0v) is 7.51. The molecule has 0 bridgehead atoms. The van der Waals surface area contributed by atoms with Crippen molar-refractivity contribution in [3.05, 3.63) is 5.51 Å². The van der Waals surface area contributed by atoms with Crippen LogP contribution in [0.25, 0.3) is 0 Å². The van der Waals surface area contributed by atoms with Crippen molar-refractivity contribution < 1.29 is 10.2 Å². The molecule has 0 aliphatic heterocycles. The summed E-state index contributed by atoms with van der Waals surface area (Å²) >= 11 is 1.35. The Labute approximate surface area is 74.1 Å². The third-order valence-corrected chi connectivity index (χ3v) is 1.97. The second kappa shape index (κ2) is 3.79. The SMILES string of the molecule is CC(O)(CO)CNc1nncs1. The van der Waals surface area contributed by atoms with E-state index >= 15 is 0 Å². The first kappa shape index (κ1) is 9.37. The molecule has 0 aliphatic carbocycles. The minimum absolute atomic E-state index is 0.263. The number of aliphatic hydroxyl groups excluding tert-OH is 1. The Hall–Kier alpha value is -0.720. The number of hydrogen-bond donors (Lipinski definition) is 3. The summed E-state index contributed by atoms with van der Waals surface area (Å²) in [7, 11) is 0. The van der Waals surface area contributed by atoms with Crippen LogP contribution in [0.2, 0.25) is 0 Å². The smallest absolute Gasteiger partial charge is 0.205 e. The quantitative estimate of drug-likeness (QED) is 0.605. The zero-order valence-electron chi connectivity index (χ0n) is 6.69. The van der Waals surface area contributed by atoms with Gasteiger partial charge in [-0.05, 0) is 6.92 Å². The molecule has 1 heterocycles. The predicted molar refractivity (Wildman–Crippen MR) is 46.1 cm³/mol. The van der Waals surface area contributed by atoms with E-state index in [-0.39, 0.29) is 13.2 Å². The number of aromatic nitrogens is 2. The Balaban J connectivity index is 2.36. The lowest BCUT2D eigenvalue weighted by molar-refractivity contribution is 0.0132. The second-order valence-electron chi connectivity index (χ2n) is 2.75. The largest absolute Gasteiger partial charge is 0.393 e. The summed E-state index contributed by atoms with van der Waals surface area (Å²) < 4.78 is 0. The van der Waals surface area contributed by atoms with Crippen LogP contribution in [0.3, 0.4) is 0 Å². The van der Waals surface area contributed by atoms with E-state index in [0.717, 1.165) is 0 Å². The lowest BCUT2D eigenvalue weighted by Gasteiger charge is -2.19. The summed E-state index contributed by atoms with van der Waals surface area (Å²) in [6.07, 6.45) is 0. The lowest BCUT2D eigenvalue weighted by atomic mass is 10.1. The molecule has 0 aliphatic rings. The van der Waals surface area contributed by atoms with Crippen molar-refractivity contribution in [2.24, 2.45) is 0 Å². The highest BCUT2D eigenvalue weighted by Crippen LogP contribution is 2.10. The maximum atomic E-state index is 9.37. The molecule has 0 aromatic carbocycles. The molecule has 0 spiro atoms. The number of rotatable bonds is 4. The summed E-state index contributed by atoms with van der Waals surface area (Å²) in [5, 5.41) is 28.9. The van der Waals surface area contributed by atoms with Crippen LogP contribution in [-0.4, -0.2) is 39.2 Å². The molecule has 1 atom stereocenters. The van der Waals surface area contributed by atoms with Crippen molar-refractivity contribution in [1.29, 1.82) is 0 Å². The van der Waals surface area contributed by atoms with Gasteiger partial charge in [0.15, 0.2) is 0 Å². The molecule has 6 heteroatoms. The van der Waals surface area contributed by atoms with Gasteiger partial charge in [0.25, 0.3) is 0 Å². The minimum atomic E-state index is -1.11. The summed E-state index contributed by atoms with van der Waals surface area (Å²) in [5.74, 6) is 0. The number of anilines is 1. The first-order valence-corrected chi connectivity index (χ1v) is 4.35. The van der Waals surface area contributed by atoms with Crippen LogP contribution in [0.4, 0.5) is 5.13 Å². The Bertz CT molecular complexity index is 225. The van der Waals surface area contributed by atoms with E-state index in [1.54, 1.807) is 12.4 Å². The van der Waals surface area contributed by atoms with Gasteiger partial charge in [0.1, 0.15) is 11.1 Å². The Morgan fingerprint density at radius 1 is 1.75 bits per heavy atom. The highest BCUT2D eigenvalue weighted by Gasteiger charge is 2.18. The zero-order chi connectivity index (χ0) is 9.03. The molecule has 0 radical (unpaired) electrons. The molecule has 12 heavy (non-hydrogen) atoms. The van der Waals surface area contributed by atoms with E-state index in [9.17, 15) is 5.11 Å². The van der Waals surface area contributed by atoms with E-state index in [2.05, 4.69) is 15.5 Å². The van der Waals surface area contributed by atoms with Crippen LogP contribution in [0.1, 0.15) is 6.92 Å². The van der Waals surface area contributed by atoms with Crippen LogP contribution in [0.15, 0.2) is 5.51 Å². The first-order chi connectivity index (χ1) is 5.64. The Morgan fingerprint density at radius 2 is 2.50 bits per heavy atom. The van der Waals surface area contributed by atoms with Crippen LogP contribution < -0.4 is 5.32 Å². The van der Waals surface area contributed by atoms with E-state index in [0.29, 0.717) is 5.13 Å². The summed E-state index contributed by atoms with van der Waals surface area (Å²) in [5.41, 5.74) is 0.488. The third kappa shape index (κ3) is 2.72. The number of aliphatic hydroxyl groups is 2. The van der Waals surface area contributed by atoms with E-state index < -0.39 is 5.60 Å². The van der Waals surface area contributed by atoms with E-state index in [1.165, 1.54) is 11.3 Å². The fourth-order valence-electron chi connectivity index (χ4n) is 0.572. The summed E-state index contributed by atoms with van der Waals surface area (Å²) in [6, 6.07) is 0. The fraction of sp³-hybridized carbons (Fsp3) is 0.667. The highest BCUT2D eigenvalue weighted by molar-refractivity contribution is 7.13. The Kier molecular flexibility index (Phi) is 2.96. The molecule has 1 rings (SSSR count). The van der Waals surface area contributed by atoms with Crippen molar-refractivity contribution in [2.45, 2.75) is 12.5 Å². The molecule has 0 saturated heterocycles. The van der Waals surface area contributed by atoms with E-state index in [4.69, 9.17) is 5.11 Å². The fourth-order valence-corrected chi connectivity index (χ4v) is 1.02. The van der Waals surface area contributed by atoms with Crippen molar-refractivity contribution in [1.82, 2.24) is 10.2 Å². The van der Waals surface area contributed by atoms with Crippen LogP contribution in [0.5, 0.6) is 0 Å². The number of nitrogens with zero attached hydrogens (tertiary/aromatic N) is 2.